The van der Waals surface area contributed by atoms with Crippen LogP contribution in [0.25, 0.3) is 0 Å². The number of nitrogens with one attached hydrogen (secondary N) is 1. The zero-order valence-corrected chi connectivity index (χ0v) is 9.36. The molecule has 0 aromatic carbocycles. The van der Waals surface area contributed by atoms with E-state index in [9.17, 15) is 4.79 Å². The van der Waals surface area contributed by atoms with Crippen molar-refractivity contribution in [2.45, 2.75) is 32.9 Å². The lowest BCUT2D eigenvalue weighted by Gasteiger charge is -2.07. The zero-order valence-electron chi connectivity index (χ0n) is 8.54. The molecule has 0 aliphatic heterocycles. The fraction of sp³-hybridized carbons (Fsp3) is 0.500. The number of nitrogens with two attached hydrogens (primary N) is 1. The highest BCUT2D eigenvalue weighted by Crippen LogP contribution is 2.16. The summed E-state index contributed by atoms with van der Waals surface area (Å²) in [7, 11) is 0. The predicted molar refractivity (Wildman–Crippen MR) is 59.2 cm³/mol. The lowest BCUT2D eigenvalue weighted by Crippen LogP contribution is -2.37. The molecule has 4 heteroatoms. The minimum atomic E-state index is -0.431. The molecule has 1 unspecified atom stereocenters. The third-order valence-electron chi connectivity index (χ3n) is 2.06. The van der Waals surface area contributed by atoms with E-state index in [1.54, 1.807) is 18.3 Å². The van der Waals surface area contributed by atoms with Gasteiger partial charge < -0.3 is 11.1 Å². The van der Waals surface area contributed by atoms with Gasteiger partial charge in [-0.15, -0.1) is 11.3 Å². The van der Waals surface area contributed by atoms with Crippen LogP contribution in [-0.4, -0.2) is 11.9 Å². The second kappa shape index (κ2) is 5.12. The van der Waals surface area contributed by atoms with Gasteiger partial charge in [0.05, 0.1) is 12.6 Å². The van der Waals surface area contributed by atoms with Gasteiger partial charge in [-0.05, 0) is 30.4 Å². The first-order valence-corrected chi connectivity index (χ1v) is 5.61. The van der Waals surface area contributed by atoms with Crippen molar-refractivity contribution in [3.8, 4) is 0 Å². The molecule has 3 N–H and O–H groups in total. The fourth-order valence-electron chi connectivity index (χ4n) is 1.17. The maximum atomic E-state index is 11.2. The summed E-state index contributed by atoms with van der Waals surface area (Å²) in [5.41, 5.74) is 6.74. The van der Waals surface area contributed by atoms with Crippen molar-refractivity contribution in [2.24, 2.45) is 5.73 Å². The van der Waals surface area contributed by atoms with Crippen LogP contribution in [0, 0.1) is 0 Å². The van der Waals surface area contributed by atoms with Gasteiger partial charge in [-0.2, -0.15) is 0 Å². The molecule has 0 saturated heterocycles. The first-order valence-electron chi connectivity index (χ1n) is 4.73. The molecule has 1 rings (SSSR count). The molecular formula is C10H16N2OS. The lowest BCUT2D eigenvalue weighted by molar-refractivity contribution is -0.122. The average molecular weight is 212 g/mol. The molecule has 1 amide bonds. The monoisotopic (exact) mass is 212 g/mol. The van der Waals surface area contributed by atoms with E-state index in [4.69, 9.17) is 5.73 Å². The van der Waals surface area contributed by atoms with Crippen molar-refractivity contribution < 1.29 is 4.79 Å². The molecule has 3 nitrogen and oxygen atoms in total. The molecule has 14 heavy (non-hydrogen) atoms. The van der Waals surface area contributed by atoms with Crippen molar-refractivity contribution in [1.29, 1.82) is 0 Å². The van der Waals surface area contributed by atoms with E-state index in [1.165, 1.54) is 10.4 Å². The Hall–Kier alpha value is -0.870. The Balaban J connectivity index is 2.49. The fourth-order valence-corrected chi connectivity index (χ4v) is 2.08. The SMILES string of the molecule is CCc1ccsc1CNC(=O)C(C)N. The second-order valence-electron chi connectivity index (χ2n) is 3.23. The molecule has 0 aliphatic rings. The quantitative estimate of drug-likeness (QED) is 0.789. The molecule has 0 bridgehead atoms. The van der Waals surface area contributed by atoms with Crippen LogP contribution < -0.4 is 11.1 Å². The molecule has 0 aliphatic carbocycles. The minimum Gasteiger partial charge on any atom is -0.350 e. The van der Waals surface area contributed by atoms with Gasteiger partial charge in [0.25, 0.3) is 0 Å². The Bertz CT molecular complexity index is 307. The van der Waals surface area contributed by atoms with Crippen LogP contribution in [0.1, 0.15) is 24.3 Å². The first kappa shape index (κ1) is 11.2. The van der Waals surface area contributed by atoms with Crippen molar-refractivity contribution in [1.82, 2.24) is 5.32 Å². The summed E-state index contributed by atoms with van der Waals surface area (Å²) in [6, 6.07) is 1.66. The Morgan fingerprint density at radius 2 is 2.43 bits per heavy atom. The number of aryl methyl sites for hydroxylation is 1. The van der Waals surface area contributed by atoms with Gasteiger partial charge in [-0.3, -0.25) is 4.79 Å². The van der Waals surface area contributed by atoms with E-state index in [0.717, 1.165) is 6.42 Å². The number of thiophene rings is 1. The van der Waals surface area contributed by atoms with Crippen LogP contribution in [0.15, 0.2) is 11.4 Å². The third kappa shape index (κ3) is 2.82. The smallest absolute Gasteiger partial charge is 0.236 e. The molecular weight excluding hydrogens is 196 g/mol. The highest BCUT2D eigenvalue weighted by Gasteiger charge is 2.08. The first-order chi connectivity index (χ1) is 6.65. The summed E-state index contributed by atoms with van der Waals surface area (Å²) in [5, 5.41) is 4.85. The summed E-state index contributed by atoms with van der Waals surface area (Å²) in [6.45, 7) is 4.39. The molecule has 78 valence electrons. The summed E-state index contributed by atoms with van der Waals surface area (Å²) < 4.78 is 0. The molecule has 0 fully saturated rings. The Morgan fingerprint density at radius 1 is 1.71 bits per heavy atom. The number of hydrogen-bond donors (Lipinski definition) is 2. The van der Waals surface area contributed by atoms with Crippen molar-refractivity contribution in [2.75, 3.05) is 0 Å². The summed E-state index contributed by atoms with van der Waals surface area (Å²) in [6.07, 6.45) is 1.01. The Morgan fingerprint density at radius 3 is 3.00 bits per heavy atom. The largest absolute Gasteiger partial charge is 0.350 e. The standard InChI is InChI=1S/C10H16N2OS/c1-3-8-4-5-14-9(8)6-12-10(13)7(2)11/h4-5,7H,3,6,11H2,1-2H3,(H,12,13). The van der Waals surface area contributed by atoms with Crippen molar-refractivity contribution >= 4 is 17.2 Å². The molecule has 1 aromatic rings. The van der Waals surface area contributed by atoms with Gasteiger partial charge in [0.2, 0.25) is 5.91 Å². The highest BCUT2D eigenvalue weighted by atomic mass is 32.1. The maximum Gasteiger partial charge on any atom is 0.236 e. The van der Waals surface area contributed by atoms with E-state index in [-0.39, 0.29) is 5.91 Å². The Kier molecular flexibility index (Phi) is 4.10. The molecule has 0 radical (unpaired) electrons. The molecule has 0 spiro atoms. The van der Waals surface area contributed by atoms with E-state index in [2.05, 4.69) is 18.3 Å². The normalized spacial score (nSPS) is 12.5. The molecule has 1 atom stereocenters. The second-order valence-corrected chi connectivity index (χ2v) is 4.23. The van der Waals surface area contributed by atoms with Crippen LogP contribution in [0.5, 0.6) is 0 Å². The average Bonchev–Trinajstić information content (AvgIpc) is 2.60. The van der Waals surface area contributed by atoms with Gasteiger partial charge in [-0.25, -0.2) is 0 Å². The highest BCUT2D eigenvalue weighted by molar-refractivity contribution is 7.10. The number of rotatable bonds is 4. The third-order valence-corrected chi connectivity index (χ3v) is 3.02. The van der Waals surface area contributed by atoms with Gasteiger partial charge >= 0.3 is 0 Å². The van der Waals surface area contributed by atoms with E-state index < -0.39 is 6.04 Å². The van der Waals surface area contributed by atoms with Gasteiger partial charge in [0.1, 0.15) is 0 Å². The van der Waals surface area contributed by atoms with Crippen LogP contribution in [0.3, 0.4) is 0 Å². The van der Waals surface area contributed by atoms with Gasteiger partial charge in [-0.1, -0.05) is 6.92 Å². The predicted octanol–water partition coefficient (Wildman–Crippen LogP) is 1.27. The number of carbonyl (C=O) groups excluding carboxylic acids is 1. The van der Waals surface area contributed by atoms with Crippen molar-refractivity contribution in [3.63, 3.8) is 0 Å². The van der Waals surface area contributed by atoms with E-state index >= 15 is 0 Å². The summed E-state index contributed by atoms with van der Waals surface area (Å²) in [4.78, 5) is 12.4. The maximum absolute atomic E-state index is 11.2. The lowest BCUT2D eigenvalue weighted by atomic mass is 10.2. The Labute approximate surface area is 88.3 Å². The van der Waals surface area contributed by atoms with Crippen LogP contribution in [-0.2, 0) is 17.8 Å². The minimum absolute atomic E-state index is 0.0968. The molecule has 1 aromatic heterocycles. The number of carbonyl (C=O) groups is 1. The van der Waals surface area contributed by atoms with E-state index in [1.807, 2.05) is 5.38 Å². The van der Waals surface area contributed by atoms with Crippen LogP contribution in [0.2, 0.25) is 0 Å². The molecule has 1 heterocycles. The van der Waals surface area contributed by atoms with Crippen LogP contribution in [0.4, 0.5) is 0 Å². The van der Waals surface area contributed by atoms with Gasteiger partial charge in [0.15, 0.2) is 0 Å². The number of hydrogen-bond acceptors (Lipinski definition) is 3. The van der Waals surface area contributed by atoms with E-state index in [0.29, 0.717) is 6.54 Å². The molecule has 0 saturated carbocycles. The van der Waals surface area contributed by atoms with Gasteiger partial charge in [0, 0.05) is 4.88 Å². The topological polar surface area (TPSA) is 55.1 Å². The van der Waals surface area contributed by atoms with Crippen LogP contribution >= 0.6 is 11.3 Å². The van der Waals surface area contributed by atoms with Crippen molar-refractivity contribution in [3.05, 3.63) is 21.9 Å². The summed E-state index contributed by atoms with van der Waals surface area (Å²) in [5.74, 6) is -0.0968. The number of amides is 1. The zero-order chi connectivity index (χ0) is 10.6. The summed E-state index contributed by atoms with van der Waals surface area (Å²) >= 11 is 1.67.